The summed E-state index contributed by atoms with van der Waals surface area (Å²) in [7, 11) is -3.80. The number of anilines is 2. The summed E-state index contributed by atoms with van der Waals surface area (Å²) >= 11 is 0. The van der Waals surface area contributed by atoms with Gasteiger partial charge < -0.3 is 20.3 Å². The number of carbonyl (C=O) groups excluding carboxylic acids is 3. The number of rotatable bonds is 5. The summed E-state index contributed by atoms with van der Waals surface area (Å²) < 4.78 is 33.1. The Morgan fingerprint density at radius 1 is 1.09 bits per heavy atom. The fourth-order valence-electron chi connectivity index (χ4n) is 3.87. The number of hydrogen-bond acceptors (Lipinski definition) is 6. The molecule has 0 bridgehead atoms. The summed E-state index contributed by atoms with van der Waals surface area (Å²) in [4.78, 5) is 37.4. The number of sulfonamides is 1. The molecule has 1 unspecified atom stereocenters. The minimum atomic E-state index is -3.80. The number of amides is 3. The Morgan fingerprint density at radius 3 is 2.41 bits per heavy atom. The third kappa shape index (κ3) is 5.05. The number of carbonyl (C=O) groups is 3. The van der Waals surface area contributed by atoms with Gasteiger partial charge in [-0.05, 0) is 42.8 Å². The van der Waals surface area contributed by atoms with E-state index < -0.39 is 16.1 Å². The molecule has 2 aliphatic heterocycles. The summed E-state index contributed by atoms with van der Waals surface area (Å²) in [5.74, 6) is -0.169. The number of ether oxygens (including phenoxy) is 1. The van der Waals surface area contributed by atoms with Crippen LogP contribution in [0.15, 0.2) is 47.4 Å². The molecule has 1 atom stereocenters. The number of nitrogens with one attached hydrogen (secondary N) is 2. The molecule has 0 spiro atoms. The second kappa shape index (κ2) is 9.43. The molecule has 0 aliphatic carbocycles. The van der Waals surface area contributed by atoms with Crippen molar-refractivity contribution in [3.8, 4) is 5.75 Å². The molecule has 2 aromatic carbocycles. The van der Waals surface area contributed by atoms with Gasteiger partial charge in [0.25, 0.3) is 5.91 Å². The van der Waals surface area contributed by atoms with Crippen LogP contribution in [0, 0.1) is 0 Å². The van der Waals surface area contributed by atoms with Crippen molar-refractivity contribution in [1.29, 1.82) is 0 Å². The second-order valence-electron chi connectivity index (χ2n) is 8.25. The van der Waals surface area contributed by atoms with Crippen LogP contribution in [-0.4, -0.2) is 67.6 Å². The van der Waals surface area contributed by atoms with Crippen LogP contribution in [0.5, 0.6) is 5.75 Å². The van der Waals surface area contributed by atoms with Gasteiger partial charge in [-0.3, -0.25) is 14.4 Å². The van der Waals surface area contributed by atoms with Crippen LogP contribution in [0.2, 0.25) is 0 Å². The van der Waals surface area contributed by atoms with Gasteiger partial charge in [0.2, 0.25) is 21.8 Å². The molecule has 2 aliphatic rings. The topological polar surface area (TPSA) is 125 Å². The lowest BCUT2D eigenvalue weighted by molar-refractivity contribution is -0.131. The Balaban J connectivity index is 1.36. The van der Waals surface area contributed by atoms with Crippen molar-refractivity contribution in [2.45, 2.75) is 31.3 Å². The van der Waals surface area contributed by atoms with Gasteiger partial charge in [0.05, 0.1) is 17.0 Å². The largest absolute Gasteiger partial charge is 0.479 e. The third-order valence-electron chi connectivity index (χ3n) is 5.74. The molecule has 180 valence electrons. The van der Waals surface area contributed by atoms with E-state index in [1.807, 2.05) is 0 Å². The van der Waals surface area contributed by atoms with E-state index in [4.69, 9.17) is 4.74 Å². The quantitative estimate of drug-likeness (QED) is 0.659. The first-order chi connectivity index (χ1) is 16.1. The normalized spacial score (nSPS) is 18.5. The van der Waals surface area contributed by atoms with E-state index in [0.717, 1.165) is 5.56 Å². The highest BCUT2D eigenvalue weighted by Crippen LogP contribution is 2.33. The molecule has 11 heteroatoms. The van der Waals surface area contributed by atoms with Crippen molar-refractivity contribution < 1.29 is 27.5 Å². The van der Waals surface area contributed by atoms with E-state index in [9.17, 15) is 22.8 Å². The zero-order chi connectivity index (χ0) is 24.5. The Labute approximate surface area is 197 Å². The molecule has 0 saturated carbocycles. The highest BCUT2D eigenvalue weighted by molar-refractivity contribution is 7.89. The van der Waals surface area contributed by atoms with Crippen molar-refractivity contribution >= 4 is 39.1 Å². The van der Waals surface area contributed by atoms with Crippen LogP contribution in [0.3, 0.4) is 0 Å². The van der Waals surface area contributed by atoms with Crippen molar-refractivity contribution in [2.75, 3.05) is 36.8 Å². The number of piperazine rings is 1. The number of nitrogens with zero attached hydrogens (tertiary/aromatic N) is 2. The minimum Gasteiger partial charge on any atom is -0.479 e. The van der Waals surface area contributed by atoms with Crippen LogP contribution in [0.25, 0.3) is 0 Å². The highest BCUT2D eigenvalue weighted by atomic mass is 32.2. The third-order valence-corrected chi connectivity index (χ3v) is 7.64. The highest BCUT2D eigenvalue weighted by Gasteiger charge is 2.32. The summed E-state index contributed by atoms with van der Waals surface area (Å²) in [6.45, 7) is 3.95. The summed E-state index contributed by atoms with van der Waals surface area (Å²) in [5, 5.41) is 5.34. The molecule has 3 amide bonds. The molecular formula is C23H26N4O6S. The van der Waals surface area contributed by atoms with E-state index in [0.29, 0.717) is 17.1 Å². The molecule has 10 nitrogen and oxygen atoms in total. The molecule has 0 aromatic heterocycles. The molecule has 2 aromatic rings. The van der Waals surface area contributed by atoms with Crippen molar-refractivity contribution in [3.05, 3.63) is 48.0 Å². The monoisotopic (exact) mass is 486 g/mol. The molecule has 4 rings (SSSR count). The fourth-order valence-corrected chi connectivity index (χ4v) is 5.32. The van der Waals surface area contributed by atoms with Crippen LogP contribution < -0.4 is 15.4 Å². The first-order valence-corrected chi connectivity index (χ1v) is 12.3. The van der Waals surface area contributed by atoms with Gasteiger partial charge in [-0.15, -0.1) is 0 Å². The molecule has 0 radical (unpaired) electrons. The van der Waals surface area contributed by atoms with E-state index in [1.165, 1.54) is 29.4 Å². The SMILES string of the molecule is CC(=O)Nc1ccc(CC(=O)N2CCN(S(=O)(=O)c3ccc4c(c3)NC(=O)C(C)O4)CC2)cc1. The van der Waals surface area contributed by atoms with E-state index >= 15 is 0 Å². The number of fused-ring (bicyclic) bond motifs is 1. The van der Waals surface area contributed by atoms with E-state index in [2.05, 4.69) is 10.6 Å². The van der Waals surface area contributed by atoms with Crippen LogP contribution in [0.1, 0.15) is 19.4 Å². The Hall–Kier alpha value is -3.44. The average molecular weight is 487 g/mol. The van der Waals surface area contributed by atoms with Crippen molar-refractivity contribution in [1.82, 2.24) is 9.21 Å². The lowest BCUT2D eigenvalue weighted by Gasteiger charge is -2.34. The molecular weight excluding hydrogens is 460 g/mol. The van der Waals surface area contributed by atoms with Crippen LogP contribution >= 0.6 is 0 Å². The van der Waals surface area contributed by atoms with Crippen molar-refractivity contribution in [2.24, 2.45) is 0 Å². The number of hydrogen-bond donors (Lipinski definition) is 2. The molecule has 34 heavy (non-hydrogen) atoms. The van der Waals surface area contributed by atoms with Crippen LogP contribution in [-0.2, 0) is 30.8 Å². The van der Waals surface area contributed by atoms with Gasteiger partial charge in [0.1, 0.15) is 5.75 Å². The first kappa shape index (κ1) is 23.7. The standard InChI is InChI=1S/C23H26N4O6S/c1-15-23(30)25-20-14-19(7-8-21(20)33-15)34(31,32)27-11-9-26(10-12-27)22(29)13-17-3-5-18(6-4-17)24-16(2)28/h3-8,14-15H,9-13H2,1-2H3,(H,24,28)(H,25,30). The van der Waals surface area contributed by atoms with Gasteiger partial charge in [-0.25, -0.2) is 8.42 Å². The van der Waals surface area contributed by atoms with Gasteiger partial charge >= 0.3 is 0 Å². The lowest BCUT2D eigenvalue weighted by Crippen LogP contribution is -2.50. The maximum atomic E-state index is 13.1. The maximum Gasteiger partial charge on any atom is 0.265 e. The van der Waals surface area contributed by atoms with Gasteiger partial charge in [-0.1, -0.05) is 12.1 Å². The van der Waals surface area contributed by atoms with Crippen molar-refractivity contribution in [3.63, 3.8) is 0 Å². The Bertz CT molecular complexity index is 1220. The Kier molecular flexibility index (Phi) is 6.58. The molecule has 1 saturated heterocycles. The summed E-state index contributed by atoms with van der Waals surface area (Å²) in [6, 6.07) is 11.4. The van der Waals surface area contributed by atoms with E-state index in [1.54, 1.807) is 36.1 Å². The minimum absolute atomic E-state index is 0.0590. The molecule has 2 N–H and O–H groups in total. The predicted octanol–water partition coefficient (Wildman–Crippen LogP) is 1.44. The zero-order valence-electron chi connectivity index (χ0n) is 18.9. The maximum absolute atomic E-state index is 13.1. The Morgan fingerprint density at radius 2 is 1.76 bits per heavy atom. The first-order valence-electron chi connectivity index (χ1n) is 10.9. The predicted molar refractivity (Wildman–Crippen MR) is 125 cm³/mol. The molecule has 2 heterocycles. The molecule has 1 fully saturated rings. The lowest BCUT2D eigenvalue weighted by atomic mass is 10.1. The average Bonchev–Trinajstić information content (AvgIpc) is 2.80. The van der Waals surface area contributed by atoms with Gasteiger partial charge in [0, 0.05) is 38.8 Å². The van der Waals surface area contributed by atoms with E-state index in [-0.39, 0.29) is 55.2 Å². The summed E-state index contributed by atoms with van der Waals surface area (Å²) in [6.07, 6.45) is -0.452. The number of benzene rings is 2. The smallest absolute Gasteiger partial charge is 0.265 e. The van der Waals surface area contributed by atoms with Crippen LogP contribution in [0.4, 0.5) is 11.4 Å². The summed E-state index contributed by atoms with van der Waals surface area (Å²) in [5.41, 5.74) is 1.79. The second-order valence-corrected chi connectivity index (χ2v) is 10.2. The van der Waals surface area contributed by atoms with Gasteiger partial charge in [-0.2, -0.15) is 4.31 Å². The zero-order valence-corrected chi connectivity index (χ0v) is 19.7. The van der Waals surface area contributed by atoms with Gasteiger partial charge in [0.15, 0.2) is 6.10 Å². The fraction of sp³-hybridized carbons (Fsp3) is 0.348.